The topological polar surface area (TPSA) is 38.8 Å². The Morgan fingerprint density at radius 3 is 2.72 bits per heavy atom. The molecule has 1 aliphatic carbocycles. The van der Waals surface area contributed by atoms with Crippen molar-refractivity contribution in [1.29, 1.82) is 0 Å². The Bertz CT molecular complexity index is 586. The molecule has 0 bridgehead atoms. The average molecular weight is 366 g/mol. The molecule has 1 amide bonds. The van der Waals surface area contributed by atoms with E-state index in [0.29, 0.717) is 36.6 Å². The predicted molar refractivity (Wildman–Crippen MR) is 99.2 cm³/mol. The lowest BCUT2D eigenvalue weighted by Crippen LogP contribution is -2.39. The molecule has 25 heavy (non-hydrogen) atoms. The highest BCUT2D eigenvalue weighted by molar-refractivity contribution is 6.31. The number of ether oxygens (including phenoxy) is 2. The van der Waals surface area contributed by atoms with E-state index in [4.69, 9.17) is 21.1 Å². The van der Waals surface area contributed by atoms with Gasteiger partial charge in [0.25, 0.3) is 0 Å². The third kappa shape index (κ3) is 4.68. The minimum absolute atomic E-state index is 0.0497. The van der Waals surface area contributed by atoms with Gasteiger partial charge in [-0.25, -0.2) is 0 Å². The van der Waals surface area contributed by atoms with Crippen molar-refractivity contribution in [2.45, 2.75) is 51.0 Å². The van der Waals surface area contributed by atoms with Gasteiger partial charge >= 0.3 is 0 Å². The molecule has 3 rings (SSSR count). The number of carbonyl (C=O) groups excluding carboxylic acids is 1. The first-order chi connectivity index (χ1) is 12.2. The van der Waals surface area contributed by atoms with Gasteiger partial charge in [-0.15, -0.1) is 0 Å². The summed E-state index contributed by atoms with van der Waals surface area (Å²) in [5, 5.41) is 0.711. The Morgan fingerprint density at radius 2 is 1.96 bits per heavy atom. The zero-order chi connectivity index (χ0) is 17.6. The highest BCUT2D eigenvalue weighted by Crippen LogP contribution is 2.32. The summed E-state index contributed by atoms with van der Waals surface area (Å²) in [6, 6.07) is 6.16. The first-order valence-corrected chi connectivity index (χ1v) is 9.77. The number of carbonyl (C=O) groups is 1. The van der Waals surface area contributed by atoms with E-state index in [-0.39, 0.29) is 5.92 Å². The van der Waals surface area contributed by atoms with Crippen molar-refractivity contribution in [2.24, 2.45) is 5.92 Å². The molecule has 1 atom stereocenters. The molecule has 0 N–H and O–H groups in total. The van der Waals surface area contributed by atoms with Crippen molar-refractivity contribution in [1.82, 2.24) is 4.90 Å². The van der Waals surface area contributed by atoms with Crippen molar-refractivity contribution in [3.8, 4) is 5.75 Å². The molecule has 0 aromatic heterocycles. The fourth-order valence-electron chi connectivity index (χ4n) is 4.01. The number of hydrogen-bond donors (Lipinski definition) is 0. The van der Waals surface area contributed by atoms with Crippen molar-refractivity contribution >= 4 is 17.5 Å². The Labute approximate surface area is 155 Å². The van der Waals surface area contributed by atoms with E-state index >= 15 is 0 Å². The minimum Gasteiger partial charge on any atom is -0.491 e. The van der Waals surface area contributed by atoms with Gasteiger partial charge in [0.2, 0.25) is 5.91 Å². The van der Waals surface area contributed by atoms with Gasteiger partial charge in [0.15, 0.2) is 0 Å². The van der Waals surface area contributed by atoms with Crippen LogP contribution in [0.2, 0.25) is 5.02 Å². The quantitative estimate of drug-likeness (QED) is 0.683. The summed E-state index contributed by atoms with van der Waals surface area (Å²) in [4.78, 5) is 15.0. The number of amides is 1. The second kappa shape index (κ2) is 8.91. The number of benzene rings is 1. The second-order valence-corrected chi connectivity index (χ2v) is 7.51. The monoisotopic (exact) mass is 365 g/mol. The molecule has 2 aliphatic rings. The number of hydrogen-bond acceptors (Lipinski definition) is 3. The minimum atomic E-state index is 0.0497. The number of nitrogens with zero attached hydrogens (tertiary/aromatic N) is 1. The summed E-state index contributed by atoms with van der Waals surface area (Å²) < 4.78 is 10.7. The maximum absolute atomic E-state index is 12.9. The standard InChI is InChI=1S/C20H28ClNO3/c1-24-11-12-25-18-7-8-19(21)16(14-18)13-15-9-10-22(20(15)23)17-5-3-2-4-6-17/h7-8,14-15,17H,2-6,9-13H2,1H3. The number of likely N-dealkylation sites (tertiary alicyclic amines) is 1. The molecule has 1 aromatic carbocycles. The number of rotatable bonds is 7. The van der Waals surface area contributed by atoms with Crippen molar-refractivity contribution in [3.63, 3.8) is 0 Å². The van der Waals surface area contributed by atoms with Crippen LogP contribution >= 0.6 is 11.6 Å². The van der Waals surface area contributed by atoms with Crippen LogP contribution in [0.5, 0.6) is 5.75 Å². The van der Waals surface area contributed by atoms with Crippen LogP contribution in [-0.4, -0.2) is 43.7 Å². The molecule has 0 radical (unpaired) electrons. The van der Waals surface area contributed by atoms with E-state index in [0.717, 1.165) is 24.3 Å². The summed E-state index contributed by atoms with van der Waals surface area (Å²) in [6.45, 7) is 1.96. The van der Waals surface area contributed by atoms with Gasteiger partial charge in [-0.1, -0.05) is 30.9 Å². The Morgan fingerprint density at radius 1 is 1.16 bits per heavy atom. The third-order valence-electron chi connectivity index (χ3n) is 5.41. The average Bonchev–Trinajstić information content (AvgIpc) is 2.99. The predicted octanol–water partition coefficient (Wildman–Crippen LogP) is 4.09. The zero-order valence-electron chi connectivity index (χ0n) is 15.0. The van der Waals surface area contributed by atoms with E-state index in [2.05, 4.69) is 4.90 Å². The first kappa shape index (κ1) is 18.5. The van der Waals surface area contributed by atoms with Gasteiger partial charge in [-0.2, -0.15) is 0 Å². The summed E-state index contributed by atoms with van der Waals surface area (Å²) in [6.07, 6.45) is 7.79. The molecule has 1 heterocycles. The van der Waals surface area contributed by atoms with Crippen LogP contribution in [0.1, 0.15) is 44.1 Å². The molecule has 0 spiro atoms. The lowest BCUT2D eigenvalue weighted by molar-refractivity contribution is -0.133. The van der Waals surface area contributed by atoms with Crippen molar-refractivity contribution in [3.05, 3.63) is 28.8 Å². The second-order valence-electron chi connectivity index (χ2n) is 7.11. The smallest absolute Gasteiger partial charge is 0.226 e. The largest absolute Gasteiger partial charge is 0.491 e. The fraction of sp³-hybridized carbons (Fsp3) is 0.650. The van der Waals surface area contributed by atoms with Crippen LogP contribution in [0.3, 0.4) is 0 Å². The van der Waals surface area contributed by atoms with E-state index in [1.165, 1.54) is 32.1 Å². The van der Waals surface area contributed by atoms with Crippen LogP contribution < -0.4 is 4.74 Å². The molecule has 1 aliphatic heterocycles. The highest BCUT2D eigenvalue weighted by atomic mass is 35.5. The maximum Gasteiger partial charge on any atom is 0.226 e. The Balaban J connectivity index is 1.61. The van der Waals surface area contributed by atoms with Gasteiger partial charge in [0.05, 0.1) is 6.61 Å². The van der Waals surface area contributed by atoms with Crippen LogP contribution in [0.15, 0.2) is 18.2 Å². The molecular formula is C20H28ClNO3. The van der Waals surface area contributed by atoms with E-state index in [9.17, 15) is 4.79 Å². The van der Waals surface area contributed by atoms with Gasteiger partial charge in [0.1, 0.15) is 12.4 Å². The lowest BCUT2D eigenvalue weighted by Gasteiger charge is -2.31. The molecular weight excluding hydrogens is 338 g/mol. The first-order valence-electron chi connectivity index (χ1n) is 9.39. The molecule has 1 saturated carbocycles. The van der Waals surface area contributed by atoms with E-state index < -0.39 is 0 Å². The van der Waals surface area contributed by atoms with Gasteiger partial charge in [-0.3, -0.25) is 4.79 Å². The summed E-state index contributed by atoms with van der Waals surface area (Å²) >= 11 is 6.36. The summed E-state index contributed by atoms with van der Waals surface area (Å²) in [7, 11) is 1.65. The van der Waals surface area contributed by atoms with Gasteiger partial charge in [-0.05, 0) is 49.4 Å². The molecule has 4 nitrogen and oxygen atoms in total. The van der Waals surface area contributed by atoms with Crippen LogP contribution in [0.4, 0.5) is 0 Å². The number of halogens is 1. The molecule has 5 heteroatoms. The molecule has 2 fully saturated rings. The fourth-order valence-corrected chi connectivity index (χ4v) is 4.21. The van der Waals surface area contributed by atoms with Crippen LogP contribution in [0, 0.1) is 5.92 Å². The van der Waals surface area contributed by atoms with E-state index in [1.807, 2.05) is 18.2 Å². The zero-order valence-corrected chi connectivity index (χ0v) is 15.8. The van der Waals surface area contributed by atoms with Crippen molar-refractivity contribution < 1.29 is 14.3 Å². The summed E-state index contributed by atoms with van der Waals surface area (Å²) in [5.74, 6) is 1.15. The maximum atomic E-state index is 12.9. The third-order valence-corrected chi connectivity index (χ3v) is 5.77. The SMILES string of the molecule is COCCOc1ccc(Cl)c(CC2CCN(C3CCCCC3)C2=O)c1. The van der Waals surface area contributed by atoms with Gasteiger partial charge in [0, 0.05) is 30.6 Å². The normalized spacial score (nSPS) is 21.8. The Kier molecular flexibility index (Phi) is 6.60. The molecule has 1 unspecified atom stereocenters. The van der Waals surface area contributed by atoms with Crippen LogP contribution in [0.25, 0.3) is 0 Å². The summed E-state index contributed by atoms with van der Waals surface area (Å²) in [5.41, 5.74) is 1.00. The molecule has 1 aromatic rings. The molecule has 1 saturated heterocycles. The Hall–Kier alpha value is -1.26. The van der Waals surface area contributed by atoms with Crippen LogP contribution in [-0.2, 0) is 16.0 Å². The lowest BCUT2D eigenvalue weighted by atomic mass is 9.94. The van der Waals surface area contributed by atoms with Gasteiger partial charge < -0.3 is 14.4 Å². The molecule has 138 valence electrons. The van der Waals surface area contributed by atoms with Crippen molar-refractivity contribution in [2.75, 3.05) is 26.9 Å². The highest BCUT2D eigenvalue weighted by Gasteiger charge is 2.36. The number of methoxy groups -OCH3 is 1. The van der Waals surface area contributed by atoms with E-state index in [1.54, 1.807) is 7.11 Å².